The van der Waals surface area contributed by atoms with E-state index in [0.717, 1.165) is 44.2 Å². The molecule has 5 nitrogen and oxygen atoms in total. The number of para-hydroxylation sites is 2. The Bertz CT molecular complexity index is 755. The molecule has 1 heterocycles. The molecule has 0 aromatic heterocycles. The van der Waals surface area contributed by atoms with Crippen molar-refractivity contribution in [3.8, 4) is 5.75 Å². The molecule has 1 N–H and O–H groups in total. The van der Waals surface area contributed by atoms with Crippen molar-refractivity contribution in [2.45, 2.75) is 19.9 Å². The number of anilines is 1. The van der Waals surface area contributed by atoms with E-state index in [1.165, 1.54) is 11.1 Å². The molecule has 1 fully saturated rings. The maximum absolute atomic E-state index is 12.2. The van der Waals surface area contributed by atoms with Gasteiger partial charge in [-0.25, -0.2) is 0 Å². The molecular weight excluding hydrogens is 338 g/mol. The normalized spacial score (nSPS) is 14.8. The van der Waals surface area contributed by atoms with Crippen molar-refractivity contribution < 1.29 is 9.53 Å². The van der Waals surface area contributed by atoms with E-state index in [4.69, 9.17) is 4.74 Å². The van der Waals surface area contributed by atoms with Crippen molar-refractivity contribution in [3.05, 3.63) is 59.7 Å². The van der Waals surface area contributed by atoms with Crippen LogP contribution in [0.3, 0.4) is 0 Å². The van der Waals surface area contributed by atoms with Gasteiger partial charge in [0.05, 0.1) is 12.8 Å². The van der Waals surface area contributed by atoms with Gasteiger partial charge in [-0.2, -0.15) is 0 Å². The summed E-state index contributed by atoms with van der Waals surface area (Å²) in [6.07, 6.45) is 0.542. The first-order valence-corrected chi connectivity index (χ1v) is 9.59. The summed E-state index contributed by atoms with van der Waals surface area (Å²) >= 11 is 0. The summed E-state index contributed by atoms with van der Waals surface area (Å²) in [5, 5.41) is 3.04. The predicted molar refractivity (Wildman–Crippen MR) is 109 cm³/mol. The lowest BCUT2D eigenvalue weighted by Crippen LogP contribution is -2.47. The highest BCUT2D eigenvalue weighted by Gasteiger charge is 2.19. The van der Waals surface area contributed by atoms with Crippen molar-refractivity contribution in [1.29, 1.82) is 0 Å². The first-order valence-electron chi connectivity index (χ1n) is 9.59. The largest absolute Gasteiger partial charge is 0.495 e. The molecule has 1 amide bonds. The topological polar surface area (TPSA) is 44.8 Å². The summed E-state index contributed by atoms with van der Waals surface area (Å²) in [6.45, 7) is 7.30. The molecule has 144 valence electrons. The number of hydrogen-bond acceptors (Lipinski definition) is 4. The van der Waals surface area contributed by atoms with Crippen LogP contribution in [0.15, 0.2) is 48.5 Å². The van der Waals surface area contributed by atoms with Crippen LogP contribution < -0.4 is 15.0 Å². The van der Waals surface area contributed by atoms with Gasteiger partial charge in [-0.1, -0.05) is 36.4 Å². The van der Waals surface area contributed by atoms with Crippen LogP contribution in [0, 0.1) is 6.92 Å². The molecule has 5 heteroatoms. The second kappa shape index (κ2) is 9.42. The number of carbonyl (C=O) groups is 1. The summed E-state index contributed by atoms with van der Waals surface area (Å²) in [6, 6.07) is 16.3. The van der Waals surface area contributed by atoms with Crippen molar-refractivity contribution in [2.24, 2.45) is 0 Å². The van der Waals surface area contributed by atoms with Gasteiger partial charge in [-0.15, -0.1) is 0 Å². The monoisotopic (exact) mass is 367 g/mol. The van der Waals surface area contributed by atoms with Gasteiger partial charge in [0.25, 0.3) is 0 Å². The standard InChI is InChI=1S/C22H29N3O2/c1-18-7-3-4-8-19(18)17-23-22(26)11-12-24-13-15-25(16-14-24)20-9-5-6-10-21(20)27-2/h3-10H,11-17H2,1-2H3,(H,23,26). The summed E-state index contributed by atoms with van der Waals surface area (Å²) in [4.78, 5) is 16.9. The Labute approximate surface area is 161 Å². The Hall–Kier alpha value is -2.53. The number of nitrogens with zero attached hydrogens (tertiary/aromatic N) is 2. The maximum Gasteiger partial charge on any atom is 0.221 e. The number of methoxy groups -OCH3 is 1. The van der Waals surface area contributed by atoms with E-state index in [0.29, 0.717) is 13.0 Å². The van der Waals surface area contributed by atoms with E-state index in [2.05, 4.69) is 40.2 Å². The molecule has 3 rings (SSSR count). The summed E-state index contributed by atoms with van der Waals surface area (Å²) < 4.78 is 5.47. The smallest absolute Gasteiger partial charge is 0.221 e. The summed E-state index contributed by atoms with van der Waals surface area (Å²) in [5.74, 6) is 1.03. The van der Waals surface area contributed by atoms with Crippen LogP contribution in [0.5, 0.6) is 5.75 Å². The summed E-state index contributed by atoms with van der Waals surface area (Å²) in [5.41, 5.74) is 3.54. The molecule has 2 aromatic rings. The van der Waals surface area contributed by atoms with Crippen LogP contribution in [0.25, 0.3) is 0 Å². The zero-order valence-electron chi connectivity index (χ0n) is 16.3. The third-order valence-corrected chi connectivity index (χ3v) is 5.19. The Morgan fingerprint density at radius 2 is 1.74 bits per heavy atom. The van der Waals surface area contributed by atoms with E-state index in [1.807, 2.05) is 30.3 Å². The molecular formula is C22H29N3O2. The van der Waals surface area contributed by atoms with Gasteiger partial charge in [0.2, 0.25) is 5.91 Å². The lowest BCUT2D eigenvalue weighted by Gasteiger charge is -2.36. The van der Waals surface area contributed by atoms with Crippen LogP contribution in [-0.4, -0.2) is 50.6 Å². The fraction of sp³-hybridized carbons (Fsp3) is 0.409. The molecule has 0 spiro atoms. The van der Waals surface area contributed by atoms with Gasteiger partial charge < -0.3 is 15.0 Å². The number of nitrogens with one attached hydrogen (secondary N) is 1. The van der Waals surface area contributed by atoms with E-state index < -0.39 is 0 Å². The number of ether oxygens (including phenoxy) is 1. The number of hydrogen-bond donors (Lipinski definition) is 1. The first-order chi connectivity index (χ1) is 13.2. The first kappa shape index (κ1) is 19.2. The Morgan fingerprint density at radius 1 is 1.04 bits per heavy atom. The number of benzene rings is 2. The molecule has 1 saturated heterocycles. The van der Waals surface area contributed by atoms with Crippen LogP contribution in [0.4, 0.5) is 5.69 Å². The molecule has 2 aromatic carbocycles. The lowest BCUT2D eigenvalue weighted by molar-refractivity contribution is -0.121. The Balaban J connectivity index is 1.40. The van der Waals surface area contributed by atoms with Gasteiger partial charge in [0, 0.05) is 45.7 Å². The van der Waals surface area contributed by atoms with E-state index in [9.17, 15) is 4.79 Å². The van der Waals surface area contributed by atoms with Gasteiger partial charge in [-0.05, 0) is 30.2 Å². The van der Waals surface area contributed by atoms with Crippen LogP contribution >= 0.6 is 0 Å². The zero-order valence-corrected chi connectivity index (χ0v) is 16.3. The van der Waals surface area contributed by atoms with E-state index in [1.54, 1.807) is 7.11 Å². The maximum atomic E-state index is 12.2. The van der Waals surface area contributed by atoms with Crippen molar-refractivity contribution in [3.63, 3.8) is 0 Å². The quantitative estimate of drug-likeness (QED) is 0.817. The molecule has 27 heavy (non-hydrogen) atoms. The van der Waals surface area contributed by atoms with E-state index in [-0.39, 0.29) is 5.91 Å². The molecule has 0 atom stereocenters. The van der Waals surface area contributed by atoms with E-state index >= 15 is 0 Å². The minimum atomic E-state index is 0.116. The number of carbonyl (C=O) groups excluding carboxylic acids is 1. The highest BCUT2D eigenvalue weighted by atomic mass is 16.5. The highest BCUT2D eigenvalue weighted by molar-refractivity contribution is 5.76. The lowest BCUT2D eigenvalue weighted by atomic mass is 10.1. The molecule has 1 aliphatic heterocycles. The summed E-state index contributed by atoms with van der Waals surface area (Å²) in [7, 11) is 1.71. The molecule has 0 aliphatic carbocycles. The third kappa shape index (κ3) is 5.23. The van der Waals surface area contributed by atoms with Crippen molar-refractivity contribution in [2.75, 3.05) is 44.7 Å². The molecule has 1 aliphatic rings. The molecule has 0 radical (unpaired) electrons. The van der Waals surface area contributed by atoms with Gasteiger partial charge >= 0.3 is 0 Å². The predicted octanol–water partition coefficient (Wildman–Crippen LogP) is 2.83. The Morgan fingerprint density at radius 3 is 2.48 bits per heavy atom. The second-order valence-electron chi connectivity index (χ2n) is 6.95. The number of rotatable bonds is 7. The van der Waals surface area contributed by atoms with Crippen LogP contribution in [0.2, 0.25) is 0 Å². The number of piperazine rings is 1. The van der Waals surface area contributed by atoms with Gasteiger partial charge in [-0.3, -0.25) is 9.69 Å². The van der Waals surface area contributed by atoms with Crippen molar-refractivity contribution in [1.82, 2.24) is 10.2 Å². The minimum absolute atomic E-state index is 0.116. The molecule has 0 bridgehead atoms. The molecule has 0 saturated carbocycles. The fourth-order valence-electron chi connectivity index (χ4n) is 3.45. The average Bonchev–Trinajstić information content (AvgIpc) is 2.72. The number of aryl methyl sites for hydroxylation is 1. The third-order valence-electron chi connectivity index (χ3n) is 5.19. The van der Waals surface area contributed by atoms with Gasteiger partial charge in [0.1, 0.15) is 5.75 Å². The average molecular weight is 367 g/mol. The molecule has 0 unspecified atom stereocenters. The minimum Gasteiger partial charge on any atom is -0.495 e. The van der Waals surface area contributed by atoms with Gasteiger partial charge in [0.15, 0.2) is 0 Å². The highest BCUT2D eigenvalue weighted by Crippen LogP contribution is 2.28. The fourth-order valence-corrected chi connectivity index (χ4v) is 3.45. The second-order valence-corrected chi connectivity index (χ2v) is 6.95. The van der Waals surface area contributed by atoms with Crippen molar-refractivity contribution >= 4 is 11.6 Å². The SMILES string of the molecule is COc1ccccc1N1CCN(CCC(=O)NCc2ccccc2C)CC1. The van der Waals surface area contributed by atoms with Crippen LogP contribution in [0.1, 0.15) is 17.5 Å². The van der Waals surface area contributed by atoms with Crippen LogP contribution in [-0.2, 0) is 11.3 Å². The Kier molecular flexibility index (Phi) is 6.71. The number of amides is 1. The zero-order chi connectivity index (χ0) is 19.1.